The average molecular weight is 418 g/mol. The van der Waals surface area contributed by atoms with Crippen molar-refractivity contribution in [1.82, 2.24) is 0 Å². The lowest BCUT2D eigenvalue weighted by molar-refractivity contribution is 0.0921. The van der Waals surface area contributed by atoms with E-state index in [9.17, 15) is 4.79 Å². The van der Waals surface area contributed by atoms with Crippen molar-refractivity contribution in [3.05, 3.63) is 49.0 Å². The van der Waals surface area contributed by atoms with Gasteiger partial charge in [-0.05, 0) is 62.0 Å². The van der Waals surface area contributed by atoms with Crippen LogP contribution in [0.2, 0.25) is 0 Å². The van der Waals surface area contributed by atoms with E-state index in [0.717, 1.165) is 26.2 Å². The molecule has 1 aromatic carbocycles. The summed E-state index contributed by atoms with van der Waals surface area (Å²) in [4.78, 5) is 12.1. The second-order valence-electron chi connectivity index (χ2n) is 4.34. The molecule has 2 aromatic rings. The normalized spacial score (nSPS) is 10.6. The number of thiophene rings is 1. The van der Waals surface area contributed by atoms with Crippen molar-refractivity contribution in [3.8, 4) is 5.75 Å². The molecule has 1 heterocycles. The van der Waals surface area contributed by atoms with Crippen LogP contribution in [0.15, 0.2) is 37.9 Å². The van der Waals surface area contributed by atoms with Crippen molar-refractivity contribution in [2.24, 2.45) is 0 Å². The smallest absolute Gasteiger partial charge is 0.202 e. The number of Topliss-reactive ketones (excluding diaryl/α,β-unsaturated/α-hetero) is 1. The number of hydrogen-bond acceptors (Lipinski definition) is 3. The molecule has 0 N–H and O–H groups in total. The van der Waals surface area contributed by atoms with Gasteiger partial charge < -0.3 is 4.74 Å². The second kappa shape index (κ2) is 7.38. The molecule has 0 atom stereocenters. The van der Waals surface area contributed by atoms with Crippen molar-refractivity contribution < 1.29 is 9.53 Å². The molecule has 2 nitrogen and oxygen atoms in total. The lowest BCUT2D eigenvalue weighted by Gasteiger charge is -2.06. The van der Waals surface area contributed by atoms with Gasteiger partial charge in [-0.2, -0.15) is 0 Å². The van der Waals surface area contributed by atoms with Gasteiger partial charge in [-0.25, -0.2) is 0 Å². The molecular weight excluding hydrogens is 404 g/mol. The highest BCUT2D eigenvalue weighted by Gasteiger charge is 2.14. The number of carbonyl (C=O) groups excluding carboxylic acids is 1. The third-order valence-electron chi connectivity index (χ3n) is 2.79. The minimum atomic E-state index is -0.0311. The Morgan fingerprint density at radius 2 is 1.95 bits per heavy atom. The Bertz CT molecular complexity index is 590. The molecule has 5 heteroatoms. The number of ketones is 1. The van der Waals surface area contributed by atoms with E-state index in [1.54, 1.807) is 0 Å². The van der Waals surface area contributed by atoms with Gasteiger partial charge in [0, 0.05) is 5.56 Å². The maximum Gasteiger partial charge on any atom is 0.202 e. The van der Waals surface area contributed by atoms with E-state index in [4.69, 9.17) is 4.74 Å². The minimum absolute atomic E-state index is 0.0311. The second-order valence-corrected chi connectivity index (χ2v) is 8.09. The van der Waals surface area contributed by atoms with Gasteiger partial charge in [0.2, 0.25) is 5.78 Å². The summed E-state index contributed by atoms with van der Waals surface area (Å²) in [7, 11) is 0. The summed E-state index contributed by atoms with van der Waals surface area (Å²) < 4.78 is 7.30. The molecule has 0 amide bonds. The zero-order valence-corrected chi connectivity index (χ0v) is 15.0. The first kappa shape index (κ1) is 15.7. The van der Waals surface area contributed by atoms with Crippen molar-refractivity contribution >= 4 is 49.0 Å². The molecule has 0 bridgehead atoms. The van der Waals surface area contributed by atoms with Gasteiger partial charge in [0.15, 0.2) is 6.61 Å². The van der Waals surface area contributed by atoms with Crippen molar-refractivity contribution in [3.63, 3.8) is 0 Å². The molecule has 0 aliphatic carbocycles. The summed E-state index contributed by atoms with van der Waals surface area (Å²) in [5.74, 6) is 0.695. The molecule has 0 radical (unpaired) electrons. The third kappa shape index (κ3) is 4.17. The summed E-state index contributed by atoms with van der Waals surface area (Å²) in [6, 6.07) is 9.72. The Morgan fingerprint density at radius 3 is 2.50 bits per heavy atom. The molecule has 0 unspecified atom stereocenters. The molecule has 0 aliphatic rings. The standard InChI is InChI=1S/C15H14Br2O2S/c1-2-3-10-4-6-11(7-5-10)19-9-13(18)12-8-14(16)20-15(12)17/h4-8H,2-3,9H2,1H3. The first-order valence-electron chi connectivity index (χ1n) is 6.30. The first-order valence-corrected chi connectivity index (χ1v) is 8.70. The summed E-state index contributed by atoms with van der Waals surface area (Å²) >= 11 is 8.23. The Morgan fingerprint density at radius 1 is 1.25 bits per heavy atom. The number of benzene rings is 1. The van der Waals surface area contributed by atoms with Gasteiger partial charge in [-0.1, -0.05) is 25.5 Å². The van der Waals surface area contributed by atoms with Crippen molar-refractivity contribution in [2.75, 3.05) is 6.61 Å². The van der Waals surface area contributed by atoms with Gasteiger partial charge >= 0.3 is 0 Å². The van der Waals surface area contributed by atoms with Crippen molar-refractivity contribution in [2.45, 2.75) is 19.8 Å². The van der Waals surface area contributed by atoms with Crippen LogP contribution in [0.25, 0.3) is 0 Å². The van der Waals surface area contributed by atoms with Crippen LogP contribution in [0, 0.1) is 0 Å². The maximum atomic E-state index is 12.1. The predicted octanol–water partition coefficient (Wildman–Crippen LogP) is 5.49. The van der Waals surface area contributed by atoms with Crippen LogP contribution in [0.4, 0.5) is 0 Å². The first-order chi connectivity index (χ1) is 9.60. The number of carbonyl (C=O) groups is 1. The van der Waals surface area contributed by atoms with E-state index in [1.165, 1.54) is 16.9 Å². The Hall–Kier alpha value is -0.650. The molecule has 0 fully saturated rings. The van der Waals surface area contributed by atoms with Crippen LogP contribution >= 0.6 is 43.2 Å². The van der Waals surface area contributed by atoms with Gasteiger partial charge in [-0.3, -0.25) is 4.79 Å². The lowest BCUT2D eigenvalue weighted by Crippen LogP contribution is -2.11. The number of aryl methyl sites for hydroxylation is 1. The number of rotatable bonds is 6. The molecule has 0 aliphatic heterocycles. The van der Waals surface area contributed by atoms with E-state index in [1.807, 2.05) is 30.3 Å². The Kier molecular flexibility index (Phi) is 5.81. The number of hydrogen-bond donors (Lipinski definition) is 0. The fourth-order valence-electron chi connectivity index (χ4n) is 1.80. The van der Waals surface area contributed by atoms with Crippen LogP contribution in [0.1, 0.15) is 29.3 Å². The summed E-state index contributed by atoms with van der Waals surface area (Å²) in [6.45, 7) is 2.20. The molecule has 20 heavy (non-hydrogen) atoms. The molecular formula is C15H14Br2O2S. The number of halogens is 2. The summed E-state index contributed by atoms with van der Waals surface area (Å²) in [5, 5.41) is 0. The monoisotopic (exact) mass is 416 g/mol. The largest absolute Gasteiger partial charge is 0.485 e. The fraction of sp³-hybridized carbons (Fsp3) is 0.267. The van der Waals surface area contributed by atoms with Crippen molar-refractivity contribution in [1.29, 1.82) is 0 Å². The van der Waals surface area contributed by atoms with Crippen LogP contribution in [0.5, 0.6) is 5.75 Å². The SMILES string of the molecule is CCCc1ccc(OCC(=O)c2cc(Br)sc2Br)cc1. The number of ether oxygens (including phenoxy) is 1. The topological polar surface area (TPSA) is 26.3 Å². The zero-order valence-electron chi connectivity index (χ0n) is 11.0. The highest BCUT2D eigenvalue weighted by Crippen LogP contribution is 2.32. The summed E-state index contributed by atoms with van der Waals surface area (Å²) in [6.07, 6.45) is 2.19. The van der Waals surface area contributed by atoms with E-state index < -0.39 is 0 Å². The molecule has 1 aromatic heterocycles. The van der Waals surface area contributed by atoms with E-state index in [-0.39, 0.29) is 12.4 Å². The van der Waals surface area contributed by atoms with Crippen LogP contribution < -0.4 is 4.74 Å². The molecule has 106 valence electrons. The van der Waals surface area contributed by atoms with Crippen LogP contribution in [0.3, 0.4) is 0 Å². The Balaban J connectivity index is 1.94. The van der Waals surface area contributed by atoms with E-state index >= 15 is 0 Å². The van der Waals surface area contributed by atoms with Gasteiger partial charge in [0.05, 0.1) is 7.57 Å². The average Bonchev–Trinajstić information content (AvgIpc) is 2.77. The predicted molar refractivity (Wildman–Crippen MR) is 90.0 cm³/mol. The van der Waals surface area contributed by atoms with Crippen LogP contribution in [-0.2, 0) is 6.42 Å². The van der Waals surface area contributed by atoms with E-state index in [0.29, 0.717) is 5.56 Å². The highest BCUT2D eigenvalue weighted by atomic mass is 79.9. The molecule has 0 spiro atoms. The summed E-state index contributed by atoms with van der Waals surface area (Å²) in [5.41, 5.74) is 1.94. The molecule has 2 rings (SSSR count). The van der Waals surface area contributed by atoms with Crippen LogP contribution in [-0.4, -0.2) is 12.4 Å². The van der Waals surface area contributed by atoms with Gasteiger partial charge in [0.1, 0.15) is 5.75 Å². The highest BCUT2D eigenvalue weighted by molar-refractivity contribution is 9.12. The lowest BCUT2D eigenvalue weighted by atomic mass is 10.1. The quantitative estimate of drug-likeness (QED) is 0.581. The zero-order chi connectivity index (χ0) is 14.5. The maximum absolute atomic E-state index is 12.1. The minimum Gasteiger partial charge on any atom is -0.485 e. The Labute approximate surface area is 139 Å². The molecule has 0 saturated carbocycles. The van der Waals surface area contributed by atoms with Gasteiger partial charge in [-0.15, -0.1) is 11.3 Å². The van der Waals surface area contributed by atoms with Gasteiger partial charge in [0.25, 0.3) is 0 Å². The molecule has 0 saturated heterocycles. The van der Waals surface area contributed by atoms with E-state index in [2.05, 4.69) is 38.8 Å². The third-order valence-corrected chi connectivity index (χ3v) is 5.13. The fourth-order valence-corrected chi connectivity index (χ4v) is 4.65.